The number of likely N-dealkylation sites (tertiary alicyclic amines) is 1. The molecule has 0 unspecified atom stereocenters. The third-order valence-electron chi connectivity index (χ3n) is 3.19. The van der Waals surface area contributed by atoms with E-state index in [2.05, 4.69) is 20.8 Å². The third kappa shape index (κ3) is 1.90. The Morgan fingerprint density at radius 2 is 1.85 bits per heavy atom. The van der Waals surface area contributed by atoms with Gasteiger partial charge in [0.1, 0.15) is 0 Å². The lowest BCUT2D eigenvalue weighted by Gasteiger charge is -2.30. The van der Waals surface area contributed by atoms with Crippen molar-refractivity contribution in [2.24, 2.45) is 0 Å². The van der Waals surface area contributed by atoms with Gasteiger partial charge in [-0.1, -0.05) is 35.2 Å². The van der Waals surface area contributed by atoms with Gasteiger partial charge in [-0.05, 0) is 19.3 Å². The molecule has 74 valence electrons. The largest absolute Gasteiger partial charge is 0.339 e. The van der Waals surface area contributed by atoms with Crippen LogP contribution in [-0.4, -0.2) is 28.2 Å². The zero-order chi connectivity index (χ0) is 9.26. The predicted octanol–water partition coefficient (Wildman–Crippen LogP) is 2.31. The molecule has 13 heavy (non-hydrogen) atoms. The first-order chi connectivity index (χ1) is 6.29. The van der Waals surface area contributed by atoms with Crippen LogP contribution in [0.5, 0.6) is 0 Å². The number of carbonyl (C=O) groups is 1. The Morgan fingerprint density at radius 1 is 1.15 bits per heavy atom. The minimum Gasteiger partial charge on any atom is -0.339 e. The SMILES string of the molecule is O=C1[C@@H](Br)CCN1C1CCCCC1. The van der Waals surface area contributed by atoms with Gasteiger partial charge in [-0.15, -0.1) is 0 Å². The standard InChI is InChI=1S/C10H16BrNO/c11-9-6-7-12(10(9)13)8-4-2-1-3-5-8/h8-9H,1-7H2/t9-/m0/s1. The summed E-state index contributed by atoms with van der Waals surface area (Å²) in [5.74, 6) is 0.326. The summed E-state index contributed by atoms with van der Waals surface area (Å²) in [6, 6.07) is 0.559. The number of halogens is 1. The molecule has 1 amide bonds. The van der Waals surface area contributed by atoms with Crippen molar-refractivity contribution < 1.29 is 4.79 Å². The Labute approximate surface area is 87.8 Å². The zero-order valence-corrected chi connectivity index (χ0v) is 9.42. The molecular weight excluding hydrogens is 230 g/mol. The number of amides is 1. The Kier molecular flexibility index (Phi) is 2.92. The molecule has 0 radical (unpaired) electrons. The van der Waals surface area contributed by atoms with Gasteiger partial charge in [0.15, 0.2) is 0 Å². The van der Waals surface area contributed by atoms with Crippen molar-refractivity contribution in [3.05, 3.63) is 0 Å². The van der Waals surface area contributed by atoms with E-state index in [1.807, 2.05) is 0 Å². The molecule has 2 nitrogen and oxygen atoms in total. The highest BCUT2D eigenvalue weighted by Gasteiger charge is 2.34. The van der Waals surface area contributed by atoms with Crippen molar-refractivity contribution >= 4 is 21.8 Å². The van der Waals surface area contributed by atoms with Crippen LogP contribution in [0.2, 0.25) is 0 Å². The molecule has 2 aliphatic rings. The summed E-state index contributed by atoms with van der Waals surface area (Å²) in [6.07, 6.45) is 7.42. The van der Waals surface area contributed by atoms with Crippen LogP contribution in [0, 0.1) is 0 Å². The van der Waals surface area contributed by atoms with E-state index in [-0.39, 0.29) is 4.83 Å². The number of nitrogens with zero attached hydrogens (tertiary/aromatic N) is 1. The van der Waals surface area contributed by atoms with Crippen molar-refractivity contribution in [3.8, 4) is 0 Å². The number of rotatable bonds is 1. The summed E-state index contributed by atoms with van der Waals surface area (Å²) >= 11 is 3.42. The Bertz CT molecular complexity index is 201. The fourth-order valence-electron chi connectivity index (χ4n) is 2.42. The highest BCUT2D eigenvalue weighted by molar-refractivity contribution is 9.10. The van der Waals surface area contributed by atoms with E-state index in [4.69, 9.17) is 0 Å². The lowest BCUT2D eigenvalue weighted by atomic mass is 9.94. The smallest absolute Gasteiger partial charge is 0.236 e. The molecule has 0 spiro atoms. The Balaban J connectivity index is 1.96. The molecule has 1 atom stereocenters. The summed E-state index contributed by atoms with van der Waals surface area (Å²) < 4.78 is 0. The van der Waals surface area contributed by atoms with Crippen LogP contribution in [0.1, 0.15) is 38.5 Å². The number of hydrogen-bond donors (Lipinski definition) is 0. The van der Waals surface area contributed by atoms with Crippen LogP contribution in [0.3, 0.4) is 0 Å². The van der Waals surface area contributed by atoms with Crippen molar-refractivity contribution in [1.82, 2.24) is 4.90 Å². The summed E-state index contributed by atoms with van der Waals surface area (Å²) in [5.41, 5.74) is 0. The van der Waals surface area contributed by atoms with Crippen LogP contribution < -0.4 is 0 Å². The molecule has 1 aliphatic heterocycles. The fraction of sp³-hybridized carbons (Fsp3) is 0.900. The molecular formula is C10H16BrNO. The van der Waals surface area contributed by atoms with Crippen LogP contribution in [0.25, 0.3) is 0 Å². The fourth-order valence-corrected chi connectivity index (χ4v) is 2.89. The average Bonchev–Trinajstić information content (AvgIpc) is 2.49. The maximum atomic E-state index is 11.7. The average molecular weight is 246 g/mol. The monoisotopic (exact) mass is 245 g/mol. The van der Waals surface area contributed by atoms with Crippen LogP contribution >= 0.6 is 15.9 Å². The van der Waals surface area contributed by atoms with Gasteiger partial charge >= 0.3 is 0 Å². The van der Waals surface area contributed by atoms with Gasteiger partial charge in [-0.25, -0.2) is 0 Å². The molecule has 0 aromatic carbocycles. The van der Waals surface area contributed by atoms with E-state index in [1.54, 1.807) is 0 Å². The molecule has 1 heterocycles. The first-order valence-electron chi connectivity index (χ1n) is 5.23. The van der Waals surface area contributed by atoms with Crippen molar-refractivity contribution in [2.75, 3.05) is 6.54 Å². The van der Waals surface area contributed by atoms with E-state index < -0.39 is 0 Å². The van der Waals surface area contributed by atoms with Gasteiger partial charge in [0, 0.05) is 12.6 Å². The second kappa shape index (κ2) is 3.99. The van der Waals surface area contributed by atoms with E-state index in [0.717, 1.165) is 13.0 Å². The van der Waals surface area contributed by atoms with Gasteiger partial charge in [-0.2, -0.15) is 0 Å². The van der Waals surface area contributed by atoms with Crippen molar-refractivity contribution in [1.29, 1.82) is 0 Å². The molecule has 0 aromatic rings. The molecule has 2 rings (SSSR count). The predicted molar refractivity (Wildman–Crippen MR) is 55.9 cm³/mol. The molecule has 3 heteroatoms. The topological polar surface area (TPSA) is 20.3 Å². The first kappa shape index (κ1) is 9.50. The molecule has 2 fully saturated rings. The summed E-state index contributed by atoms with van der Waals surface area (Å²) in [4.78, 5) is 13.9. The van der Waals surface area contributed by atoms with Crippen LogP contribution in [0.15, 0.2) is 0 Å². The van der Waals surface area contributed by atoms with E-state index in [9.17, 15) is 4.79 Å². The van der Waals surface area contributed by atoms with Crippen LogP contribution in [-0.2, 0) is 4.79 Å². The molecule has 0 aromatic heterocycles. The second-order valence-corrected chi connectivity index (χ2v) is 5.18. The minimum absolute atomic E-state index is 0.106. The maximum absolute atomic E-state index is 11.7. The molecule has 1 saturated carbocycles. The van der Waals surface area contributed by atoms with Crippen LogP contribution in [0.4, 0.5) is 0 Å². The van der Waals surface area contributed by atoms with Crippen molar-refractivity contribution in [2.45, 2.75) is 49.4 Å². The normalized spacial score (nSPS) is 31.3. The number of hydrogen-bond acceptors (Lipinski definition) is 1. The quantitative estimate of drug-likeness (QED) is 0.650. The molecule has 1 aliphatic carbocycles. The summed E-state index contributed by atoms with van der Waals surface area (Å²) in [7, 11) is 0. The van der Waals surface area contributed by atoms with Gasteiger partial charge in [-0.3, -0.25) is 4.79 Å². The van der Waals surface area contributed by atoms with Gasteiger partial charge in [0.05, 0.1) is 4.83 Å². The Hall–Kier alpha value is -0.0500. The highest BCUT2D eigenvalue weighted by atomic mass is 79.9. The maximum Gasteiger partial charge on any atom is 0.236 e. The zero-order valence-electron chi connectivity index (χ0n) is 7.84. The second-order valence-electron chi connectivity index (χ2n) is 4.08. The highest BCUT2D eigenvalue weighted by Crippen LogP contribution is 2.28. The summed E-state index contributed by atoms with van der Waals surface area (Å²) in [5, 5.41) is 0. The van der Waals surface area contributed by atoms with Crippen molar-refractivity contribution in [3.63, 3.8) is 0 Å². The third-order valence-corrected chi connectivity index (χ3v) is 4.04. The van der Waals surface area contributed by atoms with E-state index >= 15 is 0 Å². The molecule has 0 bridgehead atoms. The lowest BCUT2D eigenvalue weighted by Crippen LogP contribution is -2.38. The number of alkyl halides is 1. The van der Waals surface area contributed by atoms with E-state index in [1.165, 1.54) is 32.1 Å². The first-order valence-corrected chi connectivity index (χ1v) is 6.15. The van der Waals surface area contributed by atoms with E-state index in [0.29, 0.717) is 11.9 Å². The number of carbonyl (C=O) groups excluding carboxylic acids is 1. The molecule has 0 N–H and O–H groups in total. The van der Waals surface area contributed by atoms with Gasteiger partial charge in [0.25, 0.3) is 0 Å². The Morgan fingerprint density at radius 3 is 2.38 bits per heavy atom. The summed E-state index contributed by atoms with van der Waals surface area (Å²) in [6.45, 7) is 0.972. The van der Waals surface area contributed by atoms with Gasteiger partial charge in [0.2, 0.25) is 5.91 Å². The molecule has 1 saturated heterocycles. The van der Waals surface area contributed by atoms with Gasteiger partial charge < -0.3 is 4.90 Å². The lowest BCUT2D eigenvalue weighted by molar-refractivity contribution is -0.129. The minimum atomic E-state index is 0.106.